The van der Waals surface area contributed by atoms with E-state index in [-0.39, 0.29) is 5.82 Å². The van der Waals surface area contributed by atoms with Gasteiger partial charge in [-0.3, -0.25) is 4.57 Å². The van der Waals surface area contributed by atoms with Crippen molar-refractivity contribution in [3.05, 3.63) is 22.7 Å². The lowest BCUT2D eigenvalue weighted by atomic mass is 10.1. The largest absolute Gasteiger partial charge is 0.387 e. The summed E-state index contributed by atoms with van der Waals surface area (Å²) in [4.78, 5) is 15.0. The standard InChI is InChI=1S/C9H12ClN3O5/c10-7(16)6-4(14)5(15)8(18-6)13-2-1-3(11)12-9(13)17/h1-2,4-8,14-16H,(H2,11,12,17)/t4-,5+,6-,7?,8+/m0/s1. The Balaban J connectivity index is 2.32. The third-order valence-electron chi connectivity index (χ3n) is 2.67. The maximum atomic E-state index is 11.6. The lowest BCUT2D eigenvalue weighted by Crippen LogP contribution is -2.37. The van der Waals surface area contributed by atoms with Gasteiger partial charge in [0.2, 0.25) is 0 Å². The molecule has 0 amide bonds. The Hall–Kier alpha value is -1.19. The normalized spacial score (nSPS) is 33.6. The average molecular weight is 278 g/mol. The van der Waals surface area contributed by atoms with Crippen molar-refractivity contribution in [2.24, 2.45) is 0 Å². The number of aliphatic hydroxyl groups excluding tert-OH is 3. The number of ether oxygens (including phenoxy) is 1. The van der Waals surface area contributed by atoms with Crippen LogP contribution in [0.15, 0.2) is 17.1 Å². The zero-order valence-electron chi connectivity index (χ0n) is 9.05. The first-order valence-electron chi connectivity index (χ1n) is 5.10. The summed E-state index contributed by atoms with van der Waals surface area (Å²) in [6, 6.07) is 1.34. The highest BCUT2D eigenvalue weighted by Crippen LogP contribution is 2.30. The summed E-state index contributed by atoms with van der Waals surface area (Å²) >= 11 is 5.40. The van der Waals surface area contributed by atoms with E-state index in [9.17, 15) is 15.0 Å². The lowest BCUT2D eigenvalue weighted by Gasteiger charge is -2.17. The monoisotopic (exact) mass is 277 g/mol. The number of alkyl halides is 1. The highest BCUT2D eigenvalue weighted by molar-refractivity contribution is 6.19. The van der Waals surface area contributed by atoms with Crippen molar-refractivity contribution in [3.8, 4) is 0 Å². The minimum absolute atomic E-state index is 0.0261. The highest BCUT2D eigenvalue weighted by atomic mass is 35.5. The summed E-state index contributed by atoms with van der Waals surface area (Å²) in [7, 11) is 0. The molecule has 0 aromatic carbocycles. The summed E-state index contributed by atoms with van der Waals surface area (Å²) in [6.07, 6.45) is -3.93. The molecule has 100 valence electrons. The van der Waals surface area contributed by atoms with Crippen LogP contribution in [0, 0.1) is 0 Å². The van der Waals surface area contributed by atoms with Gasteiger partial charge in [0.15, 0.2) is 11.8 Å². The Labute approximate surface area is 106 Å². The first kappa shape index (κ1) is 13.2. The third-order valence-corrected chi connectivity index (χ3v) is 2.92. The summed E-state index contributed by atoms with van der Waals surface area (Å²) in [5.41, 5.74) is 3.08. The number of hydrogen-bond donors (Lipinski definition) is 4. The number of nitrogens with two attached hydrogens (primary N) is 1. The molecule has 0 radical (unpaired) electrons. The zero-order valence-corrected chi connectivity index (χ0v) is 9.81. The summed E-state index contributed by atoms with van der Waals surface area (Å²) < 4.78 is 6.12. The fourth-order valence-corrected chi connectivity index (χ4v) is 1.97. The predicted molar refractivity (Wildman–Crippen MR) is 60.7 cm³/mol. The number of nitrogen functional groups attached to an aromatic ring is 1. The second-order valence-electron chi connectivity index (χ2n) is 3.89. The van der Waals surface area contributed by atoms with Gasteiger partial charge in [-0.25, -0.2) is 4.79 Å². The molecule has 1 fully saturated rings. The van der Waals surface area contributed by atoms with E-state index in [1.54, 1.807) is 0 Å². The van der Waals surface area contributed by atoms with E-state index in [2.05, 4.69) is 4.98 Å². The SMILES string of the molecule is Nc1ccn([C@@H]2O[C@H](C(O)Cl)[C@@H](O)[C@H]2O)c(=O)n1. The van der Waals surface area contributed by atoms with Crippen LogP contribution in [0.2, 0.25) is 0 Å². The molecular weight excluding hydrogens is 266 g/mol. The molecule has 9 heteroatoms. The second kappa shape index (κ2) is 4.82. The Bertz CT molecular complexity index is 493. The molecule has 2 rings (SSSR count). The molecule has 1 aliphatic rings. The lowest BCUT2D eigenvalue weighted by molar-refractivity contribution is -0.0646. The first-order chi connectivity index (χ1) is 8.41. The van der Waals surface area contributed by atoms with Crippen molar-refractivity contribution < 1.29 is 20.1 Å². The van der Waals surface area contributed by atoms with Crippen molar-refractivity contribution in [3.63, 3.8) is 0 Å². The van der Waals surface area contributed by atoms with Gasteiger partial charge in [-0.2, -0.15) is 4.98 Å². The van der Waals surface area contributed by atoms with Crippen LogP contribution in [-0.4, -0.2) is 48.7 Å². The van der Waals surface area contributed by atoms with E-state index in [1.165, 1.54) is 12.3 Å². The number of nitrogens with zero attached hydrogens (tertiary/aromatic N) is 2. The van der Waals surface area contributed by atoms with Crippen LogP contribution in [-0.2, 0) is 4.74 Å². The minimum atomic E-state index is -1.50. The third kappa shape index (κ3) is 2.20. The van der Waals surface area contributed by atoms with Gasteiger partial charge >= 0.3 is 5.69 Å². The van der Waals surface area contributed by atoms with E-state index < -0.39 is 35.8 Å². The van der Waals surface area contributed by atoms with Gasteiger partial charge in [-0.1, -0.05) is 11.6 Å². The van der Waals surface area contributed by atoms with Crippen LogP contribution in [0.4, 0.5) is 5.82 Å². The number of aliphatic hydroxyl groups is 3. The minimum Gasteiger partial charge on any atom is -0.387 e. The molecule has 0 saturated carbocycles. The number of anilines is 1. The molecule has 5 N–H and O–H groups in total. The Morgan fingerprint density at radius 2 is 2.17 bits per heavy atom. The molecule has 0 spiro atoms. The van der Waals surface area contributed by atoms with Crippen molar-refractivity contribution in [1.29, 1.82) is 0 Å². The first-order valence-corrected chi connectivity index (χ1v) is 5.54. The Morgan fingerprint density at radius 1 is 1.50 bits per heavy atom. The fraction of sp³-hybridized carbons (Fsp3) is 0.556. The summed E-state index contributed by atoms with van der Waals surface area (Å²) in [5.74, 6) is 0.0261. The highest BCUT2D eigenvalue weighted by Gasteiger charge is 2.46. The van der Waals surface area contributed by atoms with Gasteiger partial charge < -0.3 is 25.8 Å². The number of hydrogen-bond acceptors (Lipinski definition) is 7. The van der Waals surface area contributed by atoms with E-state index in [4.69, 9.17) is 27.2 Å². The Morgan fingerprint density at radius 3 is 2.67 bits per heavy atom. The van der Waals surface area contributed by atoms with E-state index in [0.29, 0.717) is 0 Å². The molecule has 1 saturated heterocycles. The van der Waals surface area contributed by atoms with Crippen LogP contribution in [0.25, 0.3) is 0 Å². The van der Waals surface area contributed by atoms with Crippen LogP contribution in [0.1, 0.15) is 6.23 Å². The molecule has 1 aromatic heterocycles. The molecule has 8 nitrogen and oxygen atoms in total. The number of rotatable bonds is 2. The molecule has 0 bridgehead atoms. The van der Waals surface area contributed by atoms with Gasteiger partial charge in [0.1, 0.15) is 24.1 Å². The summed E-state index contributed by atoms with van der Waals surface area (Å²) in [6.45, 7) is 0. The van der Waals surface area contributed by atoms with E-state index >= 15 is 0 Å². The fourth-order valence-electron chi connectivity index (χ4n) is 1.76. The van der Waals surface area contributed by atoms with Crippen LogP contribution < -0.4 is 11.4 Å². The van der Waals surface area contributed by atoms with Crippen LogP contribution in [0.5, 0.6) is 0 Å². The Kier molecular flexibility index (Phi) is 3.55. The smallest absolute Gasteiger partial charge is 0.351 e. The van der Waals surface area contributed by atoms with Crippen LogP contribution >= 0.6 is 11.6 Å². The zero-order chi connectivity index (χ0) is 13.4. The molecular formula is C9H12ClN3O5. The van der Waals surface area contributed by atoms with Crippen molar-refractivity contribution >= 4 is 17.4 Å². The van der Waals surface area contributed by atoms with Gasteiger partial charge in [0.05, 0.1) is 0 Å². The molecule has 1 aliphatic heterocycles. The topological polar surface area (TPSA) is 131 Å². The maximum absolute atomic E-state index is 11.6. The van der Waals surface area contributed by atoms with Gasteiger partial charge in [0, 0.05) is 6.20 Å². The van der Waals surface area contributed by atoms with Gasteiger partial charge in [0.25, 0.3) is 0 Å². The van der Waals surface area contributed by atoms with Gasteiger partial charge in [-0.15, -0.1) is 0 Å². The number of halogens is 1. The predicted octanol–water partition coefficient (Wildman–Crippen LogP) is -2.00. The van der Waals surface area contributed by atoms with Crippen molar-refractivity contribution in [2.75, 3.05) is 5.73 Å². The summed E-state index contributed by atoms with van der Waals surface area (Å²) in [5, 5.41) is 28.6. The van der Waals surface area contributed by atoms with Crippen molar-refractivity contribution in [1.82, 2.24) is 9.55 Å². The molecule has 1 aromatic rings. The quantitative estimate of drug-likeness (QED) is 0.460. The molecule has 18 heavy (non-hydrogen) atoms. The van der Waals surface area contributed by atoms with Gasteiger partial charge in [-0.05, 0) is 6.07 Å². The van der Waals surface area contributed by atoms with Crippen LogP contribution in [0.3, 0.4) is 0 Å². The maximum Gasteiger partial charge on any atom is 0.351 e. The van der Waals surface area contributed by atoms with E-state index in [0.717, 1.165) is 4.57 Å². The average Bonchev–Trinajstić information content (AvgIpc) is 2.57. The van der Waals surface area contributed by atoms with E-state index in [1.807, 2.05) is 0 Å². The number of aromatic nitrogens is 2. The van der Waals surface area contributed by atoms with Crippen molar-refractivity contribution in [2.45, 2.75) is 30.1 Å². The molecule has 2 heterocycles. The molecule has 1 unspecified atom stereocenters. The molecule has 5 atom stereocenters. The molecule has 0 aliphatic carbocycles. The second-order valence-corrected chi connectivity index (χ2v) is 4.33.